The zero-order valence-electron chi connectivity index (χ0n) is 17.5. The fourth-order valence-electron chi connectivity index (χ4n) is 3.32. The van der Waals surface area contributed by atoms with Crippen LogP contribution in [0, 0.1) is 6.92 Å². The second kappa shape index (κ2) is 8.14. The molecule has 3 heterocycles. The molecule has 0 aliphatic heterocycles. The van der Waals surface area contributed by atoms with Crippen LogP contribution in [-0.2, 0) is 6.54 Å². The number of alkyl halides is 3. The van der Waals surface area contributed by atoms with Crippen molar-refractivity contribution >= 4 is 11.0 Å². The third kappa shape index (κ3) is 4.25. The van der Waals surface area contributed by atoms with Crippen LogP contribution in [0.15, 0.2) is 70.4 Å². The first-order chi connectivity index (χ1) is 16.3. The molecule has 2 aromatic carbocycles. The van der Waals surface area contributed by atoms with Gasteiger partial charge in [0, 0.05) is 5.56 Å². The highest BCUT2D eigenvalue weighted by Crippen LogP contribution is 2.25. The van der Waals surface area contributed by atoms with E-state index in [4.69, 9.17) is 4.52 Å². The maximum absolute atomic E-state index is 12.9. The van der Waals surface area contributed by atoms with E-state index in [0.29, 0.717) is 16.6 Å². The van der Waals surface area contributed by atoms with Crippen LogP contribution in [0.4, 0.5) is 13.2 Å². The molecule has 172 valence electrons. The van der Waals surface area contributed by atoms with Crippen LogP contribution in [0.5, 0.6) is 5.75 Å². The smallest absolute Gasteiger partial charge is 0.406 e. The van der Waals surface area contributed by atoms with E-state index in [2.05, 4.69) is 25.0 Å². The quantitative estimate of drug-likeness (QED) is 0.386. The van der Waals surface area contributed by atoms with Crippen molar-refractivity contribution in [3.63, 3.8) is 0 Å². The summed E-state index contributed by atoms with van der Waals surface area (Å²) in [5, 5.41) is 8.44. The molecule has 5 aromatic rings. The van der Waals surface area contributed by atoms with Crippen LogP contribution < -0.4 is 10.3 Å². The van der Waals surface area contributed by atoms with E-state index < -0.39 is 6.36 Å². The second-order valence-corrected chi connectivity index (χ2v) is 7.39. The number of hydrogen-bond acceptors (Lipinski definition) is 7. The van der Waals surface area contributed by atoms with E-state index in [1.807, 2.05) is 31.2 Å². The zero-order chi connectivity index (χ0) is 23.9. The Labute approximate surface area is 189 Å². The van der Waals surface area contributed by atoms with Crippen LogP contribution in [0.1, 0.15) is 11.5 Å². The third-order valence-electron chi connectivity index (χ3n) is 4.95. The maximum atomic E-state index is 12.9. The van der Waals surface area contributed by atoms with Gasteiger partial charge in [-0.3, -0.25) is 9.36 Å². The van der Waals surface area contributed by atoms with E-state index in [1.165, 1.54) is 29.2 Å². The highest BCUT2D eigenvalue weighted by molar-refractivity contribution is 5.74. The highest BCUT2D eigenvalue weighted by Gasteiger charge is 2.31. The second-order valence-electron chi connectivity index (χ2n) is 7.39. The average molecular weight is 468 g/mol. The molecule has 0 radical (unpaired) electrons. The van der Waals surface area contributed by atoms with Gasteiger partial charge in [0.25, 0.3) is 5.56 Å². The molecule has 0 unspecified atom stereocenters. The lowest BCUT2D eigenvalue weighted by atomic mass is 10.2. The highest BCUT2D eigenvalue weighted by atomic mass is 19.4. The summed E-state index contributed by atoms with van der Waals surface area (Å²) >= 11 is 0. The number of benzene rings is 2. The van der Waals surface area contributed by atoms with Crippen molar-refractivity contribution in [3.05, 3.63) is 82.9 Å². The molecule has 0 amide bonds. The van der Waals surface area contributed by atoms with E-state index >= 15 is 0 Å². The molecule has 0 atom stereocenters. The first-order valence-electron chi connectivity index (χ1n) is 9.96. The first kappa shape index (κ1) is 21.4. The molecular formula is C22H15F3N6O3. The van der Waals surface area contributed by atoms with Crippen molar-refractivity contribution in [1.82, 2.24) is 29.5 Å². The van der Waals surface area contributed by atoms with Crippen molar-refractivity contribution in [2.24, 2.45) is 0 Å². The van der Waals surface area contributed by atoms with Gasteiger partial charge in [-0.05, 0) is 43.3 Å². The summed E-state index contributed by atoms with van der Waals surface area (Å²) in [7, 11) is 0. The third-order valence-corrected chi connectivity index (χ3v) is 4.95. The number of hydrogen-bond donors (Lipinski definition) is 0. The molecule has 0 bridgehead atoms. The molecule has 0 fully saturated rings. The van der Waals surface area contributed by atoms with Crippen LogP contribution in [0.2, 0.25) is 0 Å². The Bertz CT molecular complexity index is 1520. The number of halogens is 3. The fourth-order valence-corrected chi connectivity index (χ4v) is 3.32. The Balaban J connectivity index is 1.37. The van der Waals surface area contributed by atoms with Gasteiger partial charge in [0.15, 0.2) is 5.65 Å². The van der Waals surface area contributed by atoms with Gasteiger partial charge in [-0.1, -0.05) is 22.9 Å². The molecular weight excluding hydrogens is 453 g/mol. The number of rotatable bonds is 5. The van der Waals surface area contributed by atoms with Gasteiger partial charge < -0.3 is 9.26 Å². The Morgan fingerprint density at radius 3 is 2.50 bits per heavy atom. The van der Waals surface area contributed by atoms with E-state index in [9.17, 15) is 18.0 Å². The lowest BCUT2D eigenvalue weighted by molar-refractivity contribution is -0.274. The number of aromatic nitrogens is 6. The minimum atomic E-state index is -4.78. The largest absolute Gasteiger partial charge is 0.573 e. The SMILES string of the molecule is Cc1ccc(-n2ncc3c(=O)n(Cc4nc(-c5ccc(OC(F)(F)F)cc5)no4)cnc32)cc1. The van der Waals surface area contributed by atoms with E-state index in [1.54, 1.807) is 4.68 Å². The fraction of sp³-hybridized carbons (Fsp3) is 0.136. The monoisotopic (exact) mass is 468 g/mol. The van der Waals surface area contributed by atoms with Crippen LogP contribution in [0.3, 0.4) is 0 Å². The molecule has 0 spiro atoms. The molecule has 12 heteroatoms. The maximum Gasteiger partial charge on any atom is 0.573 e. The van der Waals surface area contributed by atoms with Gasteiger partial charge in [-0.2, -0.15) is 10.1 Å². The molecule has 0 saturated heterocycles. The van der Waals surface area contributed by atoms with Crippen molar-refractivity contribution in [2.45, 2.75) is 19.8 Å². The summed E-state index contributed by atoms with van der Waals surface area (Å²) in [5.41, 5.74) is 2.37. The minimum Gasteiger partial charge on any atom is -0.406 e. The van der Waals surface area contributed by atoms with Gasteiger partial charge in [-0.15, -0.1) is 13.2 Å². The summed E-state index contributed by atoms with van der Waals surface area (Å²) in [4.78, 5) is 21.5. The normalized spacial score (nSPS) is 11.8. The van der Waals surface area contributed by atoms with Crippen LogP contribution in [0.25, 0.3) is 28.1 Å². The summed E-state index contributed by atoms with van der Waals surface area (Å²) in [6, 6.07) is 12.7. The number of aryl methyl sites for hydroxylation is 1. The molecule has 34 heavy (non-hydrogen) atoms. The number of fused-ring (bicyclic) bond motifs is 1. The van der Waals surface area contributed by atoms with Gasteiger partial charge >= 0.3 is 6.36 Å². The predicted molar refractivity (Wildman–Crippen MR) is 113 cm³/mol. The summed E-state index contributed by atoms with van der Waals surface area (Å²) in [6.07, 6.45) is -1.96. The van der Waals surface area contributed by atoms with Gasteiger partial charge in [0.05, 0.1) is 11.9 Å². The van der Waals surface area contributed by atoms with Crippen LogP contribution in [-0.4, -0.2) is 35.8 Å². The van der Waals surface area contributed by atoms with Crippen molar-refractivity contribution < 1.29 is 22.4 Å². The molecule has 0 aliphatic carbocycles. The number of nitrogens with zero attached hydrogens (tertiary/aromatic N) is 6. The van der Waals surface area contributed by atoms with Gasteiger partial charge in [-0.25, -0.2) is 9.67 Å². The standard InChI is InChI=1S/C22H15F3N6O3/c1-13-2-6-15(7-3-13)31-20-17(10-27-31)21(32)30(12-26-20)11-18-28-19(29-34-18)14-4-8-16(9-5-14)33-22(23,24)25/h2-10,12H,11H2,1H3. The summed E-state index contributed by atoms with van der Waals surface area (Å²) in [5.74, 6) is -0.0836. The Kier molecular flexibility index (Phi) is 5.11. The predicted octanol–water partition coefficient (Wildman–Crippen LogP) is 3.89. The average Bonchev–Trinajstić information content (AvgIpc) is 3.43. The molecule has 5 rings (SSSR count). The molecule has 0 aliphatic rings. The minimum absolute atomic E-state index is 0.0419. The molecule has 0 N–H and O–H groups in total. The molecule has 9 nitrogen and oxygen atoms in total. The Hall–Kier alpha value is -4.48. The first-order valence-corrected chi connectivity index (χ1v) is 9.96. The zero-order valence-corrected chi connectivity index (χ0v) is 17.5. The summed E-state index contributed by atoms with van der Waals surface area (Å²) in [6.45, 7) is 1.93. The van der Waals surface area contributed by atoms with Crippen molar-refractivity contribution in [3.8, 4) is 22.8 Å². The molecule has 3 aromatic heterocycles. The van der Waals surface area contributed by atoms with Crippen molar-refractivity contribution in [2.75, 3.05) is 0 Å². The van der Waals surface area contributed by atoms with E-state index in [0.717, 1.165) is 23.4 Å². The topological polar surface area (TPSA) is 101 Å². The summed E-state index contributed by atoms with van der Waals surface area (Å²) < 4.78 is 48.9. The van der Waals surface area contributed by atoms with Gasteiger partial charge in [0.1, 0.15) is 24.0 Å². The lowest BCUT2D eigenvalue weighted by Crippen LogP contribution is -2.21. The molecule has 0 saturated carbocycles. The van der Waals surface area contributed by atoms with Crippen LogP contribution >= 0.6 is 0 Å². The van der Waals surface area contributed by atoms with E-state index in [-0.39, 0.29) is 29.6 Å². The van der Waals surface area contributed by atoms with Gasteiger partial charge in [0.2, 0.25) is 11.7 Å². The lowest BCUT2D eigenvalue weighted by Gasteiger charge is -2.08. The Morgan fingerprint density at radius 2 is 1.79 bits per heavy atom. The van der Waals surface area contributed by atoms with Crippen molar-refractivity contribution in [1.29, 1.82) is 0 Å². The number of ether oxygens (including phenoxy) is 1. The Morgan fingerprint density at radius 1 is 1.06 bits per heavy atom.